The number of hydrogen-bond donors (Lipinski definition) is 1. The van der Waals surface area contributed by atoms with Gasteiger partial charge >= 0.3 is 0 Å². The molecule has 0 spiro atoms. The fourth-order valence-electron chi connectivity index (χ4n) is 3.49. The Kier molecular flexibility index (Phi) is 5.85. The zero-order valence-electron chi connectivity index (χ0n) is 15.2. The fraction of sp³-hybridized carbons (Fsp3) is 0.500. The van der Waals surface area contributed by atoms with Gasteiger partial charge in [-0.15, -0.1) is 0 Å². The predicted molar refractivity (Wildman–Crippen MR) is 103 cm³/mol. The average Bonchev–Trinajstić information content (AvgIpc) is 2.66. The van der Waals surface area contributed by atoms with Crippen LogP contribution in [0.1, 0.15) is 19.4 Å². The van der Waals surface area contributed by atoms with Crippen molar-refractivity contribution in [2.75, 3.05) is 51.1 Å². The second kappa shape index (κ2) is 8.28. The first-order chi connectivity index (χ1) is 12.2. The van der Waals surface area contributed by atoms with Gasteiger partial charge in [-0.1, -0.05) is 32.0 Å². The van der Waals surface area contributed by atoms with E-state index >= 15 is 0 Å². The molecule has 2 heterocycles. The van der Waals surface area contributed by atoms with Gasteiger partial charge in [0.2, 0.25) is 0 Å². The molecule has 1 aromatic carbocycles. The largest absolute Gasteiger partial charge is 0.383 e. The number of rotatable bonds is 6. The molecule has 1 N–H and O–H groups in total. The zero-order valence-corrected chi connectivity index (χ0v) is 15.2. The Morgan fingerprint density at radius 3 is 2.64 bits per heavy atom. The molecule has 0 unspecified atom stereocenters. The van der Waals surface area contributed by atoms with Gasteiger partial charge < -0.3 is 15.1 Å². The lowest BCUT2D eigenvalue weighted by molar-refractivity contribution is 0.126. The molecule has 2 aromatic rings. The summed E-state index contributed by atoms with van der Waals surface area (Å²) in [7, 11) is 0. The van der Waals surface area contributed by atoms with E-state index < -0.39 is 0 Å². The molecule has 5 nitrogen and oxygen atoms in total. The number of aromatic nitrogens is 1. The van der Waals surface area contributed by atoms with Crippen molar-refractivity contribution in [1.82, 2.24) is 14.8 Å². The number of pyridine rings is 1. The van der Waals surface area contributed by atoms with Crippen LogP contribution in [0.4, 0.5) is 5.69 Å². The lowest BCUT2D eigenvalue weighted by Gasteiger charge is -2.35. The molecule has 1 saturated heterocycles. The summed E-state index contributed by atoms with van der Waals surface area (Å²) in [5.41, 5.74) is 2.45. The third kappa shape index (κ3) is 4.28. The van der Waals surface area contributed by atoms with E-state index in [1.165, 1.54) is 13.1 Å². The molecular formula is C20H27N5. The maximum Gasteiger partial charge on any atom is 0.103 e. The highest BCUT2D eigenvalue weighted by Crippen LogP contribution is 2.25. The standard InChI is InChI=1S/C20H27N5/c1-3-24-8-10-25(11-9-24)15-16(2)13-23-20-17(12-21)14-22-19-7-5-4-6-18(19)20/h4-7,14,16H,3,8-11,13,15H2,1-2H3,(H,22,23)/t16-/m1/s1. The van der Waals surface area contributed by atoms with E-state index in [9.17, 15) is 5.26 Å². The van der Waals surface area contributed by atoms with E-state index in [1.807, 2.05) is 24.3 Å². The van der Waals surface area contributed by atoms with E-state index in [2.05, 4.69) is 40.0 Å². The second-order valence-corrected chi connectivity index (χ2v) is 6.90. The van der Waals surface area contributed by atoms with Crippen molar-refractivity contribution in [3.05, 3.63) is 36.0 Å². The van der Waals surface area contributed by atoms with Crippen LogP contribution in [0.15, 0.2) is 30.5 Å². The summed E-state index contributed by atoms with van der Waals surface area (Å²) in [5.74, 6) is 0.520. The van der Waals surface area contributed by atoms with E-state index in [4.69, 9.17) is 0 Å². The molecule has 132 valence electrons. The van der Waals surface area contributed by atoms with Gasteiger partial charge in [-0.05, 0) is 18.5 Å². The minimum atomic E-state index is 0.520. The second-order valence-electron chi connectivity index (χ2n) is 6.90. The van der Waals surface area contributed by atoms with Crippen molar-refractivity contribution >= 4 is 16.6 Å². The van der Waals surface area contributed by atoms with Gasteiger partial charge in [-0.2, -0.15) is 5.26 Å². The zero-order chi connectivity index (χ0) is 17.6. The molecule has 1 aromatic heterocycles. The molecule has 1 atom stereocenters. The monoisotopic (exact) mass is 337 g/mol. The van der Waals surface area contributed by atoms with Crippen molar-refractivity contribution in [2.45, 2.75) is 13.8 Å². The first-order valence-electron chi connectivity index (χ1n) is 9.17. The van der Waals surface area contributed by atoms with E-state index in [0.29, 0.717) is 11.5 Å². The molecule has 1 fully saturated rings. The van der Waals surface area contributed by atoms with Crippen molar-refractivity contribution < 1.29 is 0 Å². The average molecular weight is 337 g/mol. The maximum absolute atomic E-state index is 9.41. The minimum absolute atomic E-state index is 0.520. The Bertz CT molecular complexity index is 743. The number of anilines is 1. The van der Waals surface area contributed by atoms with Crippen LogP contribution in [0.2, 0.25) is 0 Å². The summed E-state index contributed by atoms with van der Waals surface area (Å²) in [6.07, 6.45) is 1.67. The Morgan fingerprint density at radius 2 is 1.92 bits per heavy atom. The summed E-state index contributed by atoms with van der Waals surface area (Å²) < 4.78 is 0. The van der Waals surface area contributed by atoms with Crippen LogP contribution in [0.3, 0.4) is 0 Å². The molecule has 3 rings (SSSR count). The lowest BCUT2D eigenvalue weighted by atomic mass is 10.1. The first-order valence-corrected chi connectivity index (χ1v) is 9.17. The van der Waals surface area contributed by atoms with Crippen molar-refractivity contribution in [2.24, 2.45) is 5.92 Å². The van der Waals surface area contributed by atoms with Gasteiger partial charge in [0.05, 0.1) is 16.8 Å². The van der Waals surface area contributed by atoms with Crippen LogP contribution in [-0.2, 0) is 0 Å². The quantitative estimate of drug-likeness (QED) is 0.878. The first kappa shape index (κ1) is 17.7. The molecule has 5 heteroatoms. The van der Waals surface area contributed by atoms with E-state index in [-0.39, 0.29) is 0 Å². The smallest absolute Gasteiger partial charge is 0.103 e. The number of para-hydroxylation sites is 1. The number of nitriles is 1. The van der Waals surface area contributed by atoms with Crippen molar-refractivity contribution in [3.8, 4) is 6.07 Å². The minimum Gasteiger partial charge on any atom is -0.383 e. The summed E-state index contributed by atoms with van der Waals surface area (Å²) in [6, 6.07) is 10.2. The van der Waals surface area contributed by atoms with Gasteiger partial charge in [0.15, 0.2) is 0 Å². The highest BCUT2D eigenvalue weighted by atomic mass is 15.3. The molecule has 0 saturated carbocycles. The number of piperazine rings is 1. The number of likely N-dealkylation sites (N-methyl/N-ethyl adjacent to an activating group) is 1. The summed E-state index contributed by atoms with van der Waals surface area (Å²) in [4.78, 5) is 9.42. The van der Waals surface area contributed by atoms with Crippen LogP contribution < -0.4 is 5.32 Å². The van der Waals surface area contributed by atoms with Crippen molar-refractivity contribution in [3.63, 3.8) is 0 Å². The third-order valence-corrected chi connectivity index (χ3v) is 5.01. The summed E-state index contributed by atoms with van der Waals surface area (Å²) in [5, 5.41) is 13.9. The number of hydrogen-bond acceptors (Lipinski definition) is 5. The molecule has 25 heavy (non-hydrogen) atoms. The van der Waals surface area contributed by atoms with Gasteiger partial charge in [0, 0.05) is 50.9 Å². The number of fused-ring (bicyclic) bond motifs is 1. The van der Waals surface area contributed by atoms with Gasteiger partial charge in [0.25, 0.3) is 0 Å². The Hall–Kier alpha value is -2.16. The van der Waals surface area contributed by atoms with Crippen LogP contribution >= 0.6 is 0 Å². The van der Waals surface area contributed by atoms with Crippen LogP contribution in [0.5, 0.6) is 0 Å². The molecule has 1 aliphatic rings. The normalized spacial score (nSPS) is 17.3. The fourth-order valence-corrected chi connectivity index (χ4v) is 3.49. The Morgan fingerprint density at radius 1 is 1.20 bits per heavy atom. The molecule has 0 radical (unpaired) electrons. The van der Waals surface area contributed by atoms with Crippen molar-refractivity contribution in [1.29, 1.82) is 5.26 Å². The van der Waals surface area contributed by atoms with Crippen LogP contribution in [0, 0.1) is 17.2 Å². The maximum atomic E-state index is 9.41. The Labute approximate surface area is 150 Å². The predicted octanol–water partition coefficient (Wildman–Crippen LogP) is 2.79. The third-order valence-electron chi connectivity index (χ3n) is 5.01. The summed E-state index contributed by atoms with van der Waals surface area (Å²) >= 11 is 0. The molecule has 0 aliphatic carbocycles. The van der Waals surface area contributed by atoms with Crippen LogP contribution in [-0.4, -0.2) is 60.6 Å². The van der Waals surface area contributed by atoms with E-state index in [0.717, 1.165) is 49.3 Å². The van der Waals surface area contributed by atoms with E-state index in [1.54, 1.807) is 6.20 Å². The molecular weight excluding hydrogens is 310 g/mol. The molecule has 1 aliphatic heterocycles. The number of nitrogens with zero attached hydrogens (tertiary/aromatic N) is 4. The van der Waals surface area contributed by atoms with Gasteiger partial charge in [-0.3, -0.25) is 4.98 Å². The number of benzene rings is 1. The van der Waals surface area contributed by atoms with Crippen LogP contribution in [0.25, 0.3) is 10.9 Å². The molecule has 0 amide bonds. The highest BCUT2D eigenvalue weighted by molar-refractivity contribution is 5.93. The summed E-state index contributed by atoms with van der Waals surface area (Å²) in [6.45, 7) is 12.2. The Balaban J connectivity index is 1.62. The number of nitrogens with one attached hydrogen (secondary N) is 1. The highest BCUT2D eigenvalue weighted by Gasteiger charge is 2.17. The topological polar surface area (TPSA) is 55.2 Å². The molecule has 0 bridgehead atoms. The SMILES string of the molecule is CCN1CCN(C[C@H](C)CNc2c(C#N)cnc3ccccc23)CC1. The van der Waals surface area contributed by atoms with Gasteiger partial charge in [-0.25, -0.2) is 0 Å². The lowest BCUT2D eigenvalue weighted by Crippen LogP contribution is -2.47. The van der Waals surface area contributed by atoms with Gasteiger partial charge in [0.1, 0.15) is 6.07 Å².